The van der Waals surface area contributed by atoms with Crippen LogP contribution in [0.15, 0.2) is 30.3 Å². The Hall–Kier alpha value is -7.71. The quantitative estimate of drug-likeness (QED) is 0.0560. The normalized spacial score (nSPS) is 17.2. The van der Waals surface area contributed by atoms with Crippen LogP contribution in [0.1, 0.15) is 163 Å². The van der Waals surface area contributed by atoms with Crippen molar-refractivity contribution in [1.29, 1.82) is 0 Å². The zero-order valence-electron chi connectivity index (χ0n) is 64.0. The number of carbonyl (C=O) groups is 13. The molecule has 1 aliphatic heterocycles. The molecule has 0 saturated carbocycles. The van der Waals surface area contributed by atoms with Crippen LogP contribution in [0.3, 0.4) is 0 Å². The Labute approximate surface area is 588 Å². The fourth-order valence-corrected chi connectivity index (χ4v) is 13.2. The Balaban J connectivity index is 2.52. The number of rotatable bonds is 36. The van der Waals surface area contributed by atoms with Crippen LogP contribution in [-0.4, -0.2) is 261 Å². The van der Waals surface area contributed by atoms with Crippen LogP contribution in [0.2, 0.25) is 0 Å². The van der Waals surface area contributed by atoms with Gasteiger partial charge in [0.15, 0.2) is 0 Å². The Morgan fingerprint density at radius 3 is 1.37 bits per heavy atom. The first-order valence-electron chi connectivity index (χ1n) is 35.0. The number of amides is 12. The number of benzene rings is 1. The van der Waals surface area contributed by atoms with E-state index in [1.165, 1.54) is 109 Å². The molecule has 27 nitrogen and oxygen atoms in total. The number of hydrogen-bond acceptors (Lipinski definition) is 14. The maximum Gasteiger partial charge on any atom is 0.326 e. The van der Waals surface area contributed by atoms with Gasteiger partial charge in [-0.3, -0.25) is 57.5 Å². The number of aliphatic hydroxyl groups excluding tert-OH is 1. The number of carboxylic acid groups (broad SMARTS) is 1. The molecule has 1 saturated heterocycles. The molecule has 27 heteroatoms. The Kier molecular flexibility index (Phi) is 34.2. The number of likely N-dealkylation sites (N-methyl/N-ethyl adjacent to an activating group) is 7. The van der Waals surface area contributed by atoms with Crippen molar-refractivity contribution in [3.63, 3.8) is 0 Å². The van der Waals surface area contributed by atoms with Crippen LogP contribution in [0.25, 0.3) is 0 Å². The average Bonchev–Trinajstić information content (AvgIpc) is 1.45. The van der Waals surface area contributed by atoms with Gasteiger partial charge in [-0.15, -0.1) is 0 Å². The van der Waals surface area contributed by atoms with Crippen molar-refractivity contribution in [3.05, 3.63) is 35.9 Å². The predicted molar refractivity (Wildman–Crippen MR) is 377 cm³/mol. The van der Waals surface area contributed by atoms with Crippen LogP contribution in [-0.2, 0) is 68.7 Å². The van der Waals surface area contributed by atoms with Gasteiger partial charge in [-0.05, 0) is 86.0 Å². The molecule has 14 atom stereocenters. The third kappa shape index (κ3) is 22.6. The third-order valence-electron chi connectivity index (χ3n) is 19.3. The molecule has 6 N–H and O–H groups in total. The van der Waals surface area contributed by atoms with E-state index in [1.807, 2.05) is 26.8 Å². The highest BCUT2D eigenvalue weighted by Gasteiger charge is 2.48. The SMILES string of the molecule is CC[C@H](C)[C@@H](C(=O)N[C@@H](CC(C)C)C(=O)O)N(C)C(=O)[C@H](Cc1ccccc1)N(C)C(=O)[C@H](C(C)C)N(C)C(=O)[C@H](C(C)C)N(C)C(=O)[C@@H]1CCCN1C(=O)[C@H](C(C)C)N(C)C(=O)[C@@H](NC(=O)[C@@H](NC(=O)[C@@H](NC(=O)[C@H](C(C)C)N(C)C(=O)[C@H](C)N(C)C(C)=O)C(C)C)[C@@H](C)O)C(C)C. The summed E-state index contributed by atoms with van der Waals surface area (Å²) in [6.07, 6.45) is -0.320. The summed E-state index contributed by atoms with van der Waals surface area (Å²) in [5.41, 5.74) is 0.697. The minimum absolute atomic E-state index is 0.0131. The standard InChI is InChI=1S/C72H122N12O15/c1-27-45(16)60(64(90)73-50(72(98)99)36-38(2)3)83(26)67(93)52(37-49-32-29-28-30-33-49)78(21)69(95)57(42(10)11)82(25)70(96)58(43(12)13)80(23)66(92)51-34-31-35-84(51)71(97)59(44(14)15)81(24)68(94)54(40(6)7)75-62(88)55(47(18)85)76-61(87)53(39(4)5)74-63(89)56(41(8)9)79(22)65(91)46(17)77(20)48(19)86/h28-30,32-33,38-47,50-60,85H,27,31,34-37H2,1-26H3,(H,73,90)(H,74,89)(H,75,88)(H,76,87)(H,98,99)/t45-,46-,47+,50-,51-,52-,53-,54-,55-,56-,57-,58-,59-,60-/m0/s1. The molecule has 1 aliphatic rings. The molecule has 560 valence electrons. The van der Waals surface area contributed by atoms with E-state index in [1.54, 1.807) is 114 Å². The van der Waals surface area contributed by atoms with Crippen molar-refractivity contribution in [1.82, 2.24) is 60.5 Å². The smallest absolute Gasteiger partial charge is 0.326 e. The molecule has 99 heavy (non-hydrogen) atoms. The van der Waals surface area contributed by atoms with E-state index in [9.17, 15) is 48.6 Å². The van der Waals surface area contributed by atoms with Crippen molar-refractivity contribution < 1.29 is 72.5 Å². The highest BCUT2D eigenvalue weighted by Crippen LogP contribution is 2.29. The molecule has 0 bridgehead atoms. The number of carboxylic acids is 1. The van der Waals surface area contributed by atoms with Gasteiger partial charge in [-0.2, -0.15) is 0 Å². The van der Waals surface area contributed by atoms with E-state index in [-0.39, 0.29) is 37.6 Å². The molecule has 2 rings (SSSR count). The van der Waals surface area contributed by atoms with Gasteiger partial charge in [-0.1, -0.05) is 148 Å². The van der Waals surface area contributed by atoms with Gasteiger partial charge in [0.05, 0.1) is 6.10 Å². The summed E-state index contributed by atoms with van der Waals surface area (Å²) in [6.45, 7) is 32.1. The number of nitrogens with one attached hydrogen (secondary N) is 4. The van der Waals surface area contributed by atoms with Crippen LogP contribution >= 0.6 is 0 Å². The summed E-state index contributed by atoms with van der Waals surface area (Å²) < 4.78 is 0. The molecular formula is C72H122N12O15. The zero-order chi connectivity index (χ0) is 76.4. The summed E-state index contributed by atoms with van der Waals surface area (Å²) >= 11 is 0. The highest BCUT2D eigenvalue weighted by atomic mass is 16.4. The molecule has 0 radical (unpaired) electrons. The molecule has 0 spiro atoms. The lowest BCUT2D eigenvalue weighted by atomic mass is 9.93. The second kappa shape index (κ2) is 38.8. The van der Waals surface area contributed by atoms with Crippen molar-refractivity contribution in [2.45, 2.75) is 242 Å². The van der Waals surface area contributed by atoms with Crippen LogP contribution in [0.5, 0.6) is 0 Å². The second-order valence-corrected chi connectivity index (χ2v) is 29.7. The fourth-order valence-electron chi connectivity index (χ4n) is 13.2. The fraction of sp³-hybridized carbons (Fsp3) is 0.736. The number of aliphatic carboxylic acids is 1. The number of nitrogens with zero attached hydrogens (tertiary/aromatic N) is 8. The van der Waals surface area contributed by atoms with Gasteiger partial charge in [0.25, 0.3) is 0 Å². The minimum Gasteiger partial charge on any atom is -0.480 e. The summed E-state index contributed by atoms with van der Waals surface area (Å²) in [4.78, 5) is 195. The Bertz CT molecular complexity index is 2960. The monoisotopic (exact) mass is 1390 g/mol. The summed E-state index contributed by atoms with van der Waals surface area (Å²) in [7, 11) is 10.2. The van der Waals surface area contributed by atoms with Gasteiger partial charge in [0.2, 0.25) is 70.9 Å². The molecular weight excluding hydrogens is 1270 g/mol. The van der Waals surface area contributed by atoms with Gasteiger partial charge < -0.3 is 70.7 Å². The van der Waals surface area contributed by atoms with Crippen LogP contribution in [0.4, 0.5) is 0 Å². The van der Waals surface area contributed by atoms with E-state index in [2.05, 4.69) is 21.3 Å². The Morgan fingerprint density at radius 1 is 0.485 bits per heavy atom. The molecule has 0 unspecified atom stereocenters. The number of hydrogen-bond donors (Lipinski definition) is 6. The van der Waals surface area contributed by atoms with Gasteiger partial charge >= 0.3 is 5.97 Å². The second-order valence-electron chi connectivity index (χ2n) is 29.7. The van der Waals surface area contributed by atoms with E-state index >= 15 is 24.0 Å². The summed E-state index contributed by atoms with van der Waals surface area (Å²) in [5.74, 6) is -12.7. The molecule has 1 aromatic carbocycles. The third-order valence-corrected chi connectivity index (χ3v) is 19.3. The topological polar surface area (TPSA) is 336 Å². The lowest BCUT2D eigenvalue weighted by molar-refractivity contribution is -0.158. The number of carbonyl (C=O) groups excluding carboxylic acids is 12. The number of likely N-dealkylation sites (tertiary alicyclic amines) is 1. The molecule has 0 aromatic heterocycles. The van der Waals surface area contributed by atoms with E-state index in [4.69, 9.17) is 0 Å². The lowest BCUT2D eigenvalue weighted by Gasteiger charge is -2.42. The highest BCUT2D eigenvalue weighted by molar-refractivity contribution is 6.00. The van der Waals surface area contributed by atoms with E-state index < -0.39 is 191 Å². The molecule has 1 fully saturated rings. The van der Waals surface area contributed by atoms with Crippen molar-refractivity contribution in [2.24, 2.45) is 47.3 Å². The van der Waals surface area contributed by atoms with Gasteiger partial charge in [0.1, 0.15) is 72.5 Å². The van der Waals surface area contributed by atoms with E-state index in [0.717, 1.165) is 0 Å². The minimum atomic E-state index is -1.66. The first kappa shape index (κ1) is 87.4. The Morgan fingerprint density at radius 2 is 0.919 bits per heavy atom. The van der Waals surface area contributed by atoms with Crippen LogP contribution < -0.4 is 21.3 Å². The summed E-state index contributed by atoms with van der Waals surface area (Å²) in [6, 6.07) is -5.50. The molecule has 0 aliphatic carbocycles. The first-order chi connectivity index (χ1) is 45.7. The van der Waals surface area contributed by atoms with Gasteiger partial charge in [0, 0.05) is 69.2 Å². The lowest BCUT2D eigenvalue weighted by Crippen LogP contribution is -2.64. The molecule has 1 heterocycles. The predicted octanol–water partition coefficient (Wildman–Crippen LogP) is 3.48. The zero-order valence-corrected chi connectivity index (χ0v) is 64.0. The largest absolute Gasteiger partial charge is 0.480 e. The maximum atomic E-state index is 15.2. The van der Waals surface area contributed by atoms with Crippen molar-refractivity contribution >= 4 is 76.9 Å². The maximum absolute atomic E-state index is 15.2. The molecule has 1 aromatic rings. The van der Waals surface area contributed by atoms with Gasteiger partial charge in [-0.25, -0.2) is 4.79 Å². The van der Waals surface area contributed by atoms with E-state index in [0.29, 0.717) is 18.4 Å². The number of aliphatic hydroxyl groups is 1. The van der Waals surface area contributed by atoms with Crippen molar-refractivity contribution in [2.75, 3.05) is 55.9 Å². The average molecular weight is 1400 g/mol. The summed E-state index contributed by atoms with van der Waals surface area (Å²) in [5, 5.41) is 31.7. The van der Waals surface area contributed by atoms with Crippen LogP contribution in [0, 0.1) is 47.3 Å². The first-order valence-corrected chi connectivity index (χ1v) is 35.0. The molecule has 12 amide bonds. The van der Waals surface area contributed by atoms with Crippen molar-refractivity contribution in [3.8, 4) is 0 Å².